The molecular weight excluding hydrogens is 299 g/mol. The summed E-state index contributed by atoms with van der Waals surface area (Å²) < 4.78 is 3.04. The first kappa shape index (κ1) is 13.1. The maximum absolute atomic E-state index is 12.0. The molecule has 0 aliphatic carbocycles. The Kier molecular flexibility index (Phi) is 3.20. The molecule has 6 heteroatoms. The molecule has 2 aromatic heterocycles. The minimum absolute atomic E-state index is 0.0887. The zero-order valence-electron chi connectivity index (χ0n) is 10.3. The first-order chi connectivity index (χ1) is 9.54. The number of hydrogen-bond donors (Lipinski definition) is 1. The van der Waals surface area contributed by atoms with Gasteiger partial charge in [-0.15, -0.1) is 0 Å². The van der Waals surface area contributed by atoms with Crippen molar-refractivity contribution in [1.29, 1.82) is 0 Å². The topological polar surface area (TPSA) is 46.6 Å². The van der Waals surface area contributed by atoms with Crippen molar-refractivity contribution in [2.75, 3.05) is 0 Å². The summed E-state index contributed by atoms with van der Waals surface area (Å²) >= 11 is 11.8. The third kappa shape index (κ3) is 2.28. The quantitative estimate of drug-likeness (QED) is 0.790. The van der Waals surface area contributed by atoms with Crippen LogP contribution in [0.3, 0.4) is 0 Å². The van der Waals surface area contributed by atoms with Gasteiger partial charge in [-0.2, -0.15) is 0 Å². The summed E-state index contributed by atoms with van der Waals surface area (Å²) in [5.41, 5.74) is 1.11. The Morgan fingerprint density at radius 2 is 1.75 bits per heavy atom. The SMILES string of the molecule is O=c1cc(O)c2cc(Cl)cn2n1Cc1ccc(Cl)cc1. The van der Waals surface area contributed by atoms with E-state index in [1.54, 1.807) is 28.9 Å². The molecule has 0 atom stereocenters. The van der Waals surface area contributed by atoms with Gasteiger partial charge >= 0.3 is 0 Å². The number of halogens is 2. The van der Waals surface area contributed by atoms with Gasteiger partial charge in [0.25, 0.3) is 5.56 Å². The van der Waals surface area contributed by atoms with Gasteiger partial charge in [-0.3, -0.25) is 9.31 Å². The lowest BCUT2D eigenvalue weighted by Gasteiger charge is -2.10. The zero-order chi connectivity index (χ0) is 14.3. The number of fused-ring (bicyclic) bond motifs is 1. The molecule has 0 radical (unpaired) electrons. The number of rotatable bonds is 2. The van der Waals surface area contributed by atoms with Gasteiger partial charge in [-0.1, -0.05) is 35.3 Å². The summed E-state index contributed by atoms with van der Waals surface area (Å²) in [5, 5.41) is 10.9. The van der Waals surface area contributed by atoms with Crippen LogP contribution in [0.25, 0.3) is 5.52 Å². The smallest absolute Gasteiger partial charge is 0.269 e. The van der Waals surface area contributed by atoms with Crippen LogP contribution >= 0.6 is 23.2 Å². The van der Waals surface area contributed by atoms with Gasteiger partial charge in [0.2, 0.25) is 0 Å². The largest absolute Gasteiger partial charge is 0.505 e. The van der Waals surface area contributed by atoms with Crippen LogP contribution in [-0.2, 0) is 6.54 Å². The molecule has 0 bridgehead atoms. The van der Waals surface area contributed by atoms with E-state index in [9.17, 15) is 9.90 Å². The molecule has 0 aliphatic heterocycles. The number of hydrogen-bond acceptors (Lipinski definition) is 2. The number of aromatic nitrogens is 2. The van der Waals surface area contributed by atoms with Gasteiger partial charge in [-0.25, -0.2) is 4.68 Å². The Balaban J connectivity index is 2.15. The lowest BCUT2D eigenvalue weighted by Crippen LogP contribution is -2.25. The fraction of sp³-hybridized carbons (Fsp3) is 0.0714. The van der Waals surface area contributed by atoms with E-state index in [1.165, 1.54) is 10.7 Å². The van der Waals surface area contributed by atoms with Crippen LogP contribution in [0.1, 0.15) is 5.56 Å². The maximum Gasteiger partial charge on any atom is 0.269 e. The first-order valence-corrected chi connectivity index (χ1v) is 6.65. The van der Waals surface area contributed by atoms with Crippen LogP contribution < -0.4 is 5.56 Å². The first-order valence-electron chi connectivity index (χ1n) is 5.90. The molecule has 0 amide bonds. The second kappa shape index (κ2) is 4.89. The van der Waals surface area contributed by atoms with Gasteiger partial charge in [0.05, 0.1) is 11.6 Å². The molecule has 4 nitrogen and oxygen atoms in total. The number of benzene rings is 1. The third-order valence-electron chi connectivity index (χ3n) is 3.05. The molecule has 0 aliphatic rings. The fourth-order valence-corrected chi connectivity index (χ4v) is 2.42. The highest BCUT2D eigenvalue weighted by molar-refractivity contribution is 6.31. The Morgan fingerprint density at radius 3 is 2.45 bits per heavy atom. The summed E-state index contributed by atoms with van der Waals surface area (Å²) in [5.74, 6) is -0.0887. The third-order valence-corrected chi connectivity index (χ3v) is 3.51. The van der Waals surface area contributed by atoms with E-state index in [1.807, 2.05) is 12.1 Å². The van der Waals surface area contributed by atoms with Gasteiger partial charge in [-0.05, 0) is 23.8 Å². The molecule has 20 heavy (non-hydrogen) atoms. The molecule has 1 aromatic carbocycles. The summed E-state index contributed by atoms with van der Waals surface area (Å²) in [6.45, 7) is 0.359. The summed E-state index contributed by atoms with van der Waals surface area (Å²) in [6.07, 6.45) is 1.59. The van der Waals surface area contributed by atoms with E-state index in [4.69, 9.17) is 23.2 Å². The van der Waals surface area contributed by atoms with Gasteiger partial charge in [0, 0.05) is 17.3 Å². The standard InChI is InChI=1S/C14H10Cl2N2O2/c15-10-3-1-9(2-4-10)7-18-14(20)6-13(19)12-5-11(16)8-17(12)18/h1-6,8,19H,7H2. The maximum atomic E-state index is 12.0. The van der Waals surface area contributed by atoms with Crippen molar-refractivity contribution in [3.8, 4) is 5.75 Å². The Hall–Kier alpha value is -1.91. The molecule has 2 heterocycles. The second-order valence-corrected chi connectivity index (χ2v) is 5.31. The molecule has 0 spiro atoms. The predicted molar refractivity (Wildman–Crippen MR) is 78.9 cm³/mol. The van der Waals surface area contributed by atoms with Gasteiger partial charge < -0.3 is 5.11 Å². The number of aromatic hydroxyl groups is 1. The normalized spacial score (nSPS) is 11.1. The lowest BCUT2D eigenvalue weighted by atomic mass is 10.2. The van der Waals surface area contributed by atoms with Crippen molar-refractivity contribution in [2.45, 2.75) is 6.54 Å². The van der Waals surface area contributed by atoms with Crippen molar-refractivity contribution in [3.05, 3.63) is 68.6 Å². The average Bonchev–Trinajstić information content (AvgIpc) is 2.79. The van der Waals surface area contributed by atoms with E-state index >= 15 is 0 Å². The Bertz CT molecular complexity index is 835. The van der Waals surface area contributed by atoms with Crippen LogP contribution in [-0.4, -0.2) is 14.3 Å². The van der Waals surface area contributed by atoms with Crippen molar-refractivity contribution in [3.63, 3.8) is 0 Å². The fourth-order valence-electron chi connectivity index (χ4n) is 2.10. The van der Waals surface area contributed by atoms with E-state index in [-0.39, 0.29) is 11.3 Å². The van der Waals surface area contributed by atoms with Crippen LogP contribution in [0.4, 0.5) is 0 Å². The monoisotopic (exact) mass is 308 g/mol. The van der Waals surface area contributed by atoms with Gasteiger partial charge in [0.1, 0.15) is 11.3 Å². The van der Waals surface area contributed by atoms with Crippen molar-refractivity contribution in [1.82, 2.24) is 9.20 Å². The average molecular weight is 309 g/mol. The van der Waals surface area contributed by atoms with Crippen LogP contribution in [0.5, 0.6) is 5.75 Å². The lowest BCUT2D eigenvalue weighted by molar-refractivity contribution is 0.467. The molecule has 0 unspecified atom stereocenters. The van der Waals surface area contributed by atoms with Crippen LogP contribution in [0.2, 0.25) is 10.0 Å². The van der Waals surface area contributed by atoms with E-state index in [0.29, 0.717) is 22.1 Å². The summed E-state index contributed by atoms with van der Waals surface area (Å²) in [4.78, 5) is 12.0. The molecule has 0 saturated carbocycles. The summed E-state index contributed by atoms with van der Waals surface area (Å²) in [6, 6.07) is 10.0. The van der Waals surface area contributed by atoms with Crippen molar-refractivity contribution < 1.29 is 5.11 Å². The van der Waals surface area contributed by atoms with Crippen molar-refractivity contribution >= 4 is 28.7 Å². The van der Waals surface area contributed by atoms with E-state index in [2.05, 4.69) is 0 Å². The molecule has 0 fully saturated rings. The highest BCUT2D eigenvalue weighted by Gasteiger charge is 2.10. The highest BCUT2D eigenvalue weighted by Crippen LogP contribution is 2.22. The molecule has 102 valence electrons. The predicted octanol–water partition coefficient (Wildman–Crippen LogP) is 3.16. The van der Waals surface area contributed by atoms with E-state index < -0.39 is 0 Å². The molecule has 3 rings (SSSR count). The summed E-state index contributed by atoms with van der Waals surface area (Å²) in [7, 11) is 0. The van der Waals surface area contributed by atoms with Crippen molar-refractivity contribution in [2.24, 2.45) is 0 Å². The molecule has 3 aromatic rings. The zero-order valence-corrected chi connectivity index (χ0v) is 11.8. The second-order valence-electron chi connectivity index (χ2n) is 4.44. The van der Waals surface area contributed by atoms with Gasteiger partial charge in [0.15, 0.2) is 0 Å². The van der Waals surface area contributed by atoms with E-state index in [0.717, 1.165) is 5.56 Å². The minimum Gasteiger partial charge on any atom is -0.505 e. The van der Waals surface area contributed by atoms with Crippen LogP contribution in [0.15, 0.2) is 47.4 Å². The highest BCUT2D eigenvalue weighted by atomic mass is 35.5. The Morgan fingerprint density at radius 1 is 1.05 bits per heavy atom. The number of nitrogens with zero attached hydrogens (tertiary/aromatic N) is 2. The van der Waals surface area contributed by atoms with Crippen LogP contribution in [0, 0.1) is 0 Å². The Labute approximate surface area is 124 Å². The molecular formula is C14H10Cl2N2O2. The molecule has 0 saturated heterocycles. The minimum atomic E-state index is -0.308. The molecule has 1 N–H and O–H groups in total.